The molecule has 0 saturated heterocycles. The molecule has 0 aliphatic heterocycles. The van der Waals surface area contributed by atoms with E-state index < -0.39 is 28.4 Å². The van der Waals surface area contributed by atoms with Crippen LogP contribution in [0.15, 0.2) is 47.5 Å². The molecule has 144 valence electrons. The summed E-state index contributed by atoms with van der Waals surface area (Å²) >= 11 is 0. The molecule has 0 atom stereocenters. The lowest BCUT2D eigenvalue weighted by molar-refractivity contribution is -0.116. The van der Waals surface area contributed by atoms with E-state index in [4.69, 9.17) is 4.74 Å². The van der Waals surface area contributed by atoms with E-state index >= 15 is 0 Å². The number of anilines is 1. The normalized spacial score (nSPS) is 11.3. The fourth-order valence-corrected chi connectivity index (χ4v) is 3.43. The Morgan fingerprint density at radius 3 is 2.63 bits per heavy atom. The van der Waals surface area contributed by atoms with Gasteiger partial charge in [-0.1, -0.05) is 6.07 Å². The zero-order valence-corrected chi connectivity index (χ0v) is 16.1. The first-order valence-corrected chi connectivity index (χ1v) is 9.64. The van der Waals surface area contributed by atoms with Crippen molar-refractivity contribution < 1.29 is 22.7 Å². The average Bonchev–Trinajstić information content (AvgIpc) is 2.61. The minimum absolute atomic E-state index is 0.1000. The molecule has 1 amide bonds. The van der Waals surface area contributed by atoms with Crippen LogP contribution in [-0.4, -0.2) is 49.8 Å². The number of hydrogen-bond donors (Lipinski definition) is 1. The summed E-state index contributed by atoms with van der Waals surface area (Å²) in [6.45, 7) is 3.29. The topological polar surface area (TPSA) is 106 Å². The Morgan fingerprint density at radius 2 is 1.96 bits per heavy atom. The molecule has 0 saturated carbocycles. The SMILES string of the molecule is CCOC(=O)c1cccc(S(=O)(=O)N(C)CC(=O)Nc2cc(C)ccn2)c1. The van der Waals surface area contributed by atoms with E-state index in [0.717, 1.165) is 9.87 Å². The molecule has 2 aromatic rings. The predicted molar refractivity (Wildman–Crippen MR) is 99.8 cm³/mol. The van der Waals surface area contributed by atoms with Gasteiger partial charge in [-0.05, 0) is 49.7 Å². The highest BCUT2D eigenvalue weighted by atomic mass is 32.2. The number of hydrogen-bond acceptors (Lipinski definition) is 6. The second-order valence-electron chi connectivity index (χ2n) is 5.78. The number of sulfonamides is 1. The van der Waals surface area contributed by atoms with Crippen molar-refractivity contribution in [3.63, 3.8) is 0 Å². The smallest absolute Gasteiger partial charge is 0.338 e. The largest absolute Gasteiger partial charge is 0.462 e. The number of benzene rings is 1. The Bertz CT molecular complexity index is 944. The molecule has 1 N–H and O–H groups in total. The first-order chi connectivity index (χ1) is 12.7. The number of carbonyl (C=O) groups is 2. The molecule has 0 aliphatic rings. The van der Waals surface area contributed by atoms with Gasteiger partial charge in [-0.3, -0.25) is 4.79 Å². The summed E-state index contributed by atoms with van der Waals surface area (Å²) in [5.41, 5.74) is 1.04. The standard InChI is InChI=1S/C18H21N3O5S/c1-4-26-18(23)14-6-5-7-15(11-14)27(24,25)21(3)12-17(22)20-16-10-13(2)8-9-19-16/h5-11H,4,12H2,1-3H3,(H,19,20,22). The van der Waals surface area contributed by atoms with Crippen LogP contribution in [0.1, 0.15) is 22.8 Å². The molecule has 0 aliphatic carbocycles. The van der Waals surface area contributed by atoms with E-state index in [1.165, 1.54) is 31.3 Å². The van der Waals surface area contributed by atoms with Gasteiger partial charge in [0.25, 0.3) is 0 Å². The highest BCUT2D eigenvalue weighted by Gasteiger charge is 2.24. The van der Waals surface area contributed by atoms with E-state index in [9.17, 15) is 18.0 Å². The van der Waals surface area contributed by atoms with Crippen LogP contribution in [-0.2, 0) is 19.6 Å². The lowest BCUT2D eigenvalue weighted by Crippen LogP contribution is -2.35. The molecule has 0 spiro atoms. The van der Waals surface area contributed by atoms with Crippen LogP contribution < -0.4 is 5.32 Å². The Balaban J connectivity index is 2.12. The minimum Gasteiger partial charge on any atom is -0.462 e. The van der Waals surface area contributed by atoms with E-state index in [1.54, 1.807) is 25.3 Å². The molecular weight excluding hydrogens is 370 g/mol. The van der Waals surface area contributed by atoms with Crippen LogP contribution in [0, 0.1) is 6.92 Å². The maximum Gasteiger partial charge on any atom is 0.338 e. The Labute approximate surface area is 158 Å². The van der Waals surface area contributed by atoms with Gasteiger partial charge in [0.2, 0.25) is 15.9 Å². The van der Waals surface area contributed by atoms with Crippen LogP contribution in [0.4, 0.5) is 5.82 Å². The molecule has 0 unspecified atom stereocenters. The maximum atomic E-state index is 12.7. The Morgan fingerprint density at radius 1 is 1.22 bits per heavy atom. The number of ether oxygens (including phenoxy) is 1. The van der Waals surface area contributed by atoms with Crippen molar-refractivity contribution in [2.45, 2.75) is 18.7 Å². The second-order valence-corrected chi connectivity index (χ2v) is 7.82. The molecule has 9 heteroatoms. The van der Waals surface area contributed by atoms with Gasteiger partial charge in [0.1, 0.15) is 5.82 Å². The molecule has 1 aromatic heterocycles. The third-order valence-electron chi connectivity index (χ3n) is 3.60. The van der Waals surface area contributed by atoms with Crippen LogP contribution in [0.3, 0.4) is 0 Å². The lowest BCUT2D eigenvalue weighted by Gasteiger charge is -2.17. The summed E-state index contributed by atoms with van der Waals surface area (Å²) in [7, 11) is -2.67. The van der Waals surface area contributed by atoms with Gasteiger partial charge >= 0.3 is 5.97 Å². The van der Waals surface area contributed by atoms with Crippen molar-refractivity contribution in [3.8, 4) is 0 Å². The quantitative estimate of drug-likeness (QED) is 0.722. The van der Waals surface area contributed by atoms with Gasteiger partial charge in [0, 0.05) is 13.2 Å². The first kappa shape index (κ1) is 20.5. The second kappa shape index (κ2) is 8.74. The van der Waals surface area contributed by atoms with Gasteiger partial charge in [-0.15, -0.1) is 0 Å². The van der Waals surface area contributed by atoms with Crippen LogP contribution in [0.2, 0.25) is 0 Å². The minimum atomic E-state index is -3.96. The van der Waals surface area contributed by atoms with Crippen molar-refractivity contribution in [2.75, 3.05) is 25.5 Å². The zero-order valence-electron chi connectivity index (χ0n) is 15.3. The number of nitrogens with zero attached hydrogens (tertiary/aromatic N) is 2. The van der Waals surface area contributed by atoms with Gasteiger partial charge < -0.3 is 10.1 Å². The average molecular weight is 391 g/mol. The molecule has 1 aromatic carbocycles. The van der Waals surface area contributed by atoms with E-state index in [-0.39, 0.29) is 17.1 Å². The Hall–Kier alpha value is -2.78. The summed E-state index contributed by atoms with van der Waals surface area (Å²) in [6, 6.07) is 8.95. The number of nitrogens with one attached hydrogen (secondary N) is 1. The molecule has 1 heterocycles. The maximum absolute atomic E-state index is 12.7. The summed E-state index contributed by atoms with van der Waals surface area (Å²) in [5.74, 6) is -0.795. The molecule has 0 fully saturated rings. The zero-order chi connectivity index (χ0) is 20.0. The number of aryl methyl sites for hydroxylation is 1. The fraction of sp³-hybridized carbons (Fsp3) is 0.278. The summed E-state index contributed by atoms with van der Waals surface area (Å²) in [4.78, 5) is 27.8. The Kier molecular flexibility index (Phi) is 6.65. The first-order valence-electron chi connectivity index (χ1n) is 8.20. The van der Waals surface area contributed by atoms with E-state index in [1.807, 2.05) is 6.92 Å². The number of rotatable bonds is 7. The molecule has 2 rings (SSSR count). The molecule has 8 nitrogen and oxygen atoms in total. The van der Waals surface area contributed by atoms with E-state index in [0.29, 0.717) is 5.82 Å². The number of amides is 1. The highest BCUT2D eigenvalue weighted by Crippen LogP contribution is 2.17. The van der Waals surface area contributed by atoms with Gasteiger partial charge in [-0.2, -0.15) is 4.31 Å². The predicted octanol–water partition coefficient (Wildman–Crippen LogP) is 1.83. The molecular formula is C18H21N3O5S. The lowest BCUT2D eigenvalue weighted by atomic mass is 10.2. The summed E-state index contributed by atoms with van der Waals surface area (Å²) in [5, 5.41) is 2.55. The van der Waals surface area contributed by atoms with Gasteiger partial charge in [-0.25, -0.2) is 18.2 Å². The third kappa shape index (κ3) is 5.35. The van der Waals surface area contributed by atoms with Crippen molar-refractivity contribution >= 4 is 27.7 Å². The van der Waals surface area contributed by atoms with Crippen molar-refractivity contribution in [1.82, 2.24) is 9.29 Å². The molecule has 27 heavy (non-hydrogen) atoms. The number of carbonyl (C=O) groups excluding carboxylic acids is 2. The summed E-state index contributed by atoms with van der Waals surface area (Å²) < 4.78 is 31.2. The van der Waals surface area contributed by atoms with Crippen molar-refractivity contribution in [2.24, 2.45) is 0 Å². The van der Waals surface area contributed by atoms with Crippen molar-refractivity contribution in [1.29, 1.82) is 0 Å². The van der Waals surface area contributed by atoms with Crippen LogP contribution >= 0.6 is 0 Å². The number of pyridine rings is 1. The number of likely N-dealkylation sites (N-methyl/N-ethyl adjacent to an activating group) is 1. The van der Waals surface area contributed by atoms with Crippen LogP contribution in [0.5, 0.6) is 0 Å². The highest BCUT2D eigenvalue weighted by molar-refractivity contribution is 7.89. The van der Waals surface area contributed by atoms with E-state index in [2.05, 4.69) is 10.3 Å². The summed E-state index contributed by atoms with van der Waals surface area (Å²) in [6.07, 6.45) is 1.55. The fourth-order valence-electron chi connectivity index (χ4n) is 2.25. The number of aromatic nitrogens is 1. The van der Waals surface area contributed by atoms with Gasteiger partial charge in [0.05, 0.1) is 23.6 Å². The number of esters is 1. The third-order valence-corrected chi connectivity index (χ3v) is 5.40. The van der Waals surface area contributed by atoms with Crippen LogP contribution in [0.25, 0.3) is 0 Å². The monoisotopic (exact) mass is 391 g/mol. The molecule has 0 bridgehead atoms. The van der Waals surface area contributed by atoms with Crippen molar-refractivity contribution in [3.05, 3.63) is 53.7 Å². The van der Waals surface area contributed by atoms with Gasteiger partial charge in [0.15, 0.2) is 0 Å². The molecule has 0 radical (unpaired) electrons.